The third kappa shape index (κ3) is 3.75. The summed E-state index contributed by atoms with van der Waals surface area (Å²) >= 11 is 1.67. The molecule has 1 aliphatic carbocycles. The summed E-state index contributed by atoms with van der Waals surface area (Å²) in [5.74, 6) is 0. The highest BCUT2D eigenvalue weighted by Crippen LogP contribution is 2.34. The van der Waals surface area contributed by atoms with Crippen molar-refractivity contribution in [2.24, 2.45) is 0 Å². The maximum atomic E-state index is 12.9. The number of nitrogens with one attached hydrogen (secondary N) is 1. The molecule has 2 atom stereocenters. The Kier molecular flexibility index (Phi) is 5.14. The van der Waals surface area contributed by atoms with Gasteiger partial charge in [0.15, 0.2) is 0 Å². The summed E-state index contributed by atoms with van der Waals surface area (Å²) in [4.78, 5) is 24.9. The summed E-state index contributed by atoms with van der Waals surface area (Å²) in [5.41, 5.74) is 0.926. The molecule has 24 heavy (non-hydrogen) atoms. The van der Waals surface area contributed by atoms with Crippen molar-refractivity contribution in [3.8, 4) is 0 Å². The van der Waals surface area contributed by atoms with Crippen molar-refractivity contribution in [1.29, 1.82) is 0 Å². The second kappa shape index (κ2) is 7.30. The maximum absolute atomic E-state index is 12.9. The first-order chi connectivity index (χ1) is 11.6. The molecule has 0 unspecified atom stereocenters. The summed E-state index contributed by atoms with van der Waals surface area (Å²) in [5, 5.41) is 4.07. The third-order valence-corrected chi connectivity index (χ3v) is 5.66. The van der Waals surface area contributed by atoms with Crippen LogP contribution in [0.25, 0.3) is 0 Å². The van der Waals surface area contributed by atoms with Gasteiger partial charge in [0.05, 0.1) is 17.8 Å². The molecule has 6 heteroatoms. The lowest BCUT2D eigenvalue weighted by atomic mass is 10.2. The Bertz CT molecular complexity index is 683. The van der Waals surface area contributed by atoms with E-state index in [1.807, 2.05) is 43.1 Å². The van der Waals surface area contributed by atoms with E-state index in [4.69, 9.17) is 0 Å². The van der Waals surface area contributed by atoms with Gasteiger partial charge in [-0.2, -0.15) is 0 Å². The second-order valence-corrected chi connectivity index (χ2v) is 7.41. The molecule has 128 valence electrons. The lowest BCUT2D eigenvalue weighted by Gasteiger charge is -2.30. The predicted molar refractivity (Wildman–Crippen MR) is 96.0 cm³/mol. The summed E-state index contributed by atoms with van der Waals surface area (Å²) in [6.45, 7) is 6.15. The van der Waals surface area contributed by atoms with Crippen molar-refractivity contribution in [1.82, 2.24) is 20.2 Å². The first kappa shape index (κ1) is 16.9. The van der Waals surface area contributed by atoms with Gasteiger partial charge in [-0.05, 0) is 45.2 Å². The van der Waals surface area contributed by atoms with Crippen LogP contribution in [0.3, 0.4) is 0 Å². The van der Waals surface area contributed by atoms with Gasteiger partial charge in [0.1, 0.15) is 5.01 Å². The monoisotopic (exact) mass is 344 g/mol. The molecule has 0 spiro atoms. The van der Waals surface area contributed by atoms with E-state index >= 15 is 0 Å². The average Bonchev–Trinajstić information content (AvgIpc) is 3.30. The summed E-state index contributed by atoms with van der Waals surface area (Å²) < 4.78 is 0. The van der Waals surface area contributed by atoms with Crippen LogP contribution in [0.15, 0.2) is 30.6 Å². The highest BCUT2D eigenvalue weighted by atomic mass is 32.1. The number of nitrogens with zero attached hydrogens (tertiary/aromatic N) is 3. The van der Waals surface area contributed by atoms with Gasteiger partial charge in [0.25, 0.3) is 0 Å². The van der Waals surface area contributed by atoms with Gasteiger partial charge in [-0.3, -0.25) is 4.98 Å². The van der Waals surface area contributed by atoms with Gasteiger partial charge in [-0.25, -0.2) is 9.78 Å². The van der Waals surface area contributed by atoms with E-state index in [2.05, 4.69) is 22.2 Å². The van der Waals surface area contributed by atoms with Crippen molar-refractivity contribution < 1.29 is 4.79 Å². The fourth-order valence-corrected chi connectivity index (χ4v) is 3.64. The number of carbonyl (C=O) groups is 1. The zero-order valence-electron chi connectivity index (χ0n) is 14.4. The quantitative estimate of drug-likeness (QED) is 0.858. The van der Waals surface area contributed by atoms with Gasteiger partial charge < -0.3 is 10.2 Å². The molecule has 2 aromatic rings. The number of aromatic nitrogens is 2. The molecule has 0 aromatic carbocycles. The Morgan fingerprint density at radius 2 is 2.17 bits per heavy atom. The van der Waals surface area contributed by atoms with Crippen LogP contribution in [-0.4, -0.2) is 26.9 Å². The predicted octanol–water partition coefficient (Wildman–Crippen LogP) is 4.10. The zero-order valence-corrected chi connectivity index (χ0v) is 15.2. The van der Waals surface area contributed by atoms with E-state index < -0.39 is 0 Å². The first-order valence-corrected chi connectivity index (χ1v) is 9.36. The van der Waals surface area contributed by atoms with Gasteiger partial charge in [-0.1, -0.05) is 13.0 Å². The Morgan fingerprint density at radius 1 is 1.38 bits per heavy atom. The molecule has 1 aliphatic rings. The number of carbonyl (C=O) groups excluding carboxylic acids is 1. The fourth-order valence-electron chi connectivity index (χ4n) is 2.78. The number of hydrogen-bond donors (Lipinski definition) is 1. The standard InChI is InChI=1S/C18H24N4OS/c1-4-15-11-20-17(24-15)12(2)21-18(23)22(14-8-9-14)13(3)16-7-5-6-10-19-16/h5-7,10-14H,4,8-9H2,1-3H3,(H,21,23)/t12-,13+/m1/s1. The van der Waals surface area contributed by atoms with Gasteiger partial charge in [-0.15, -0.1) is 11.3 Å². The molecule has 1 saturated carbocycles. The van der Waals surface area contributed by atoms with Crippen LogP contribution in [0.5, 0.6) is 0 Å². The van der Waals surface area contributed by atoms with Gasteiger partial charge in [0, 0.05) is 23.3 Å². The van der Waals surface area contributed by atoms with Crippen LogP contribution >= 0.6 is 11.3 Å². The molecule has 2 amide bonds. The number of hydrogen-bond acceptors (Lipinski definition) is 4. The molecule has 1 fully saturated rings. The van der Waals surface area contributed by atoms with Crippen molar-refractivity contribution in [3.63, 3.8) is 0 Å². The summed E-state index contributed by atoms with van der Waals surface area (Å²) in [6.07, 6.45) is 6.78. The topological polar surface area (TPSA) is 58.1 Å². The minimum absolute atomic E-state index is 0.0311. The Balaban J connectivity index is 1.70. The smallest absolute Gasteiger partial charge is 0.318 e. The van der Waals surface area contributed by atoms with Crippen molar-refractivity contribution in [2.75, 3.05) is 0 Å². The van der Waals surface area contributed by atoms with Crippen molar-refractivity contribution in [3.05, 3.63) is 46.2 Å². The lowest BCUT2D eigenvalue weighted by molar-refractivity contribution is 0.170. The summed E-state index contributed by atoms with van der Waals surface area (Å²) in [6, 6.07) is 6.01. The third-order valence-electron chi connectivity index (χ3n) is 4.34. The number of aryl methyl sites for hydroxylation is 1. The number of rotatable bonds is 6. The minimum atomic E-state index is -0.0833. The van der Waals surface area contributed by atoms with E-state index in [0.29, 0.717) is 6.04 Å². The molecule has 0 aliphatic heterocycles. The average molecular weight is 344 g/mol. The molecule has 2 aromatic heterocycles. The summed E-state index contributed by atoms with van der Waals surface area (Å²) in [7, 11) is 0. The highest BCUT2D eigenvalue weighted by Gasteiger charge is 2.37. The largest absolute Gasteiger partial charge is 0.329 e. The van der Waals surface area contributed by atoms with E-state index in [9.17, 15) is 4.79 Å². The first-order valence-electron chi connectivity index (χ1n) is 8.54. The van der Waals surface area contributed by atoms with Crippen LogP contribution in [0.4, 0.5) is 4.79 Å². The molecule has 0 radical (unpaired) electrons. The Morgan fingerprint density at radius 3 is 2.75 bits per heavy atom. The van der Waals surface area contributed by atoms with Crippen LogP contribution in [0.2, 0.25) is 0 Å². The zero-order chi connectivity index (χ0) is 17.1. The minimum Gasteiger partial charge on any atom is -0.329 e. The normalized spacial score (nSPS) is 16.5. The molecular weight excluding hydrogens is 320 g/mol. The fraction of sp³-hybridized carbons (Fsp3) is 0.500. The molecule has 0 saturated heterocycles. The van der Waals surface area contributed by atoms with Gasteiger partial charge >= 0.3 is 6.03 Å². The molecular formula is C18H24N4OS. The molecule has 0 bridgehead atoms. The molecule has 2 heterocycles. The molecule has 5 nitrogen and oxygen atoms in total. The van der Waals surface area contributed by atoms with E-state index in [-0.39, 0.29) is 18.1 Å². The molecule has 1 N–H and O–H groups in total. The Labute approximate surface area is 147 Å². The van der Waals surface area contributed by atoms with Crippen LogP contribution in [0, 0.1) is 0 Å². The lowest BCUT2D eigenvalue weighted by Crippen LogP contribution is -2.43. The van der Waals surface area contributed by atoms with Crippen molar-refractivity contribution in [2.45, 2.75) is 58.2 Å². The number of urea groups is 1. The van der Waals surface area contributed by atoms with Crippen LogP contribution in [0.1, 0.15) is 61.3 Å². The number of thiazole rings is 1. The van der Waals surface area contributed by atoms with Crippen LogP contribution < -0.4 is 5.32 Å². The van der Waals surface area contributed by atoms with Crippen LogP contribution in [-0.2, 0) is 6.42 Å². The van der Waals surface area contributed by atoms with Gasteiger partial charge in [0.2, 0.25) is 0 Å². The number of pyridine rings is 1. The van der Waals surface area contributed by atoms with E-state index in [1.54, 1.807) is 17.5 Å². The second-order valence-electron chi connectivity index (χ2n) is 6.26. The van der Waals surface area contributed by atoms with E-state index in [1.165, 1.54) is 4.88 Å². The SMILES string of the molecule is CCc1cnc([C@@H](C)NC(=O)N(C2CC2)[C@@H](C)c2ccccn2)s1. The number of amides is 2. The highest BCUT2D eigenvalue weighted by molar-refractivity contribution is 7.11. The maximum Gasteiger partial charge on any atom is 0.318 e. The van der Waals surface area contributed by atoms with Crippen molar-refractivity contribution >= 4 is 17.4 Å². The molecule has 3 rings (SSSR count). The Hall–Kier alpha value is -1.95. The van der Waals surface area contributed by atoms with E-state index in [0.717, 1.165) is 30.0 Å².